The summed E-state index contributed by atoms with van der Waals surface area (Å²) in [6.45, 7) is 7.58. The number of nitrogens with one attached hydrogen (secondary N) is 2. The molecular formula is C29H34ClF3N6O3. The molecule has 0 unspecified atom stereocenters. The Bertz CT molecular complexity index is 1340. The molecule has 0 fully saturated rings. The maximum atomic E-state index is 12.8. The molecule has 0 radical (unpaired) electrons. The fourth-order valence-electron chi connectivity index (χ4n) is 3.33. The van der Waals surface area contributed by atoms with Gasteiger partial charge in [0.1, 0.15) is 18.2 Å². The van der Waals surface area contributed by atoms with Gasteiger partial charge in [0.2, 0.25) is 5.95 Å². The van der Waals surface area contributed by atoms with Crippen LogP contribution in [0.1, 0.15) is 41.2 Å². The van der Waals surface area contributed by atoms with Crippen LogP contribution in [0.15, 0.2) is 60.7 Å². The summed E-state index contributed by atoms with van der Waals surface area (Å²) < 4.78 is 48.7. The molecule has 1 heterocycles. The van der Waals surface area contributed by atoms with Crippen LogP contribution >= 0.6 is 11.6 Å². The monoisotopic (exact) mass is 606 g/mol. The normalized spacial score (nSPS) is 11.6. The summed E-state index contributed by atoms with van der Waals surface area (Å²) >= 11 is 5.71. The first-order valence-corrected chi connectivity index (χ1v) is 13.6. The highest BCUT2D eigenvalue weighted by atomic mass is 35.5. The van der Waals surface area contributed by atoms with E-state index in [9.17, 15) is 18.0 Å². The molecular weight excluding hydrogens is 573 g/mol. The van der Waals surface area contributed by atoms with E-state index < -0.39 is 18.8 Å². The van der Waals surface area contributed by atoms with E-state index in [-0.39, 0.29) is 36.1 Å². The third kappa shape index (κ3) is 11.2. The van der Waals surface area contributed by atoms with Crippen LogP contribution < -0.4 is 25.8 Å². The van der Waals surface area contributed by atoms with Gasteiger partial charge in [0, 0.05) is 31.0 Å². The van der Waals surface area contributed by atoms with Crippen molar-refractivity contribution in [3.8, 4) is 11.8 Å². The van der Waals surface area contributed by atoms with Gasteiger partial charge in [-0.3, -0.25) is 4.79 Å². The van der Waals surface area contributed by atoms with Crippen molar-refractivity contribution in [2.45, 2.75) is 33.0 Å². The Labute approximate surface area is 247 Å². The second kappa shape index (κ2) is 14.8. The molecule has 3 aromatic rings. The highest BCUT2D eigenvalue weighted by Gasteiger charge is 2.29. The fraction of sp³-hybridized carbons (Fsp3) is 0.379. The Morgan fingerprint density at radius 1 is 1.00 bits per heavy atom. The number of ether oxygens (including phenoxy) is 2. The highest BCUT2D eigenvalue weighted by molar-refractivity contribution is 6.19. The van der Waals surface area contributed by atoms with E-state index in [0.29, 0.717) is 36.9 Å². The van der Waals surface area contributed by atoms with Crippen molar-refractivity contribution in [3.63, 3.8) is 0 Å². The number of nitrogens with zero attached hydrogens (tertiary/aromatic N) is 3. The second-order valence-corrected chi connectivity index (χ2v) is 10.6. The van der Waals surface area contributed by atoms with Crippen molar-refractivity contribution in [2.75, 3.05) is 37.5 Å². The van der Waals surface area contributed by atoms with Gasteiger partial charge in [0.05, 0.1) is 0 Å². The van der Waals surface area contributed by atoms with Crippen molar-refractivity contribution in [1.82, 2.24) is 20.3 Å². The molecule has 0 atom stereocenters. The van der Waals surface area contributed by atoms with Crippen LogP contribution in [0.25, 0.3) is 0 Å². The Morgan fingerprint density at radius 3 is 2.29 bits per heavy atom. The van der Waals surface area contributed by atoms with Gasteiger partial charge >= 0.3 is 12.2 Å². The first-order valence-electron chi connectivity index (χ1n) is 13.1. The van der Waals surface area contributed by atoms with Gasteiger partial charge < -0.3 is 25.8 Å². The van der Waals surface area contributed by atoms with Crippen molar-refractivity contribution >= 4 is 23.5 Å². The lowest BCUT2D eigenvalue weighted by molar-refractivity contribution is -0.154. The molecule has 2 aromatic carbocycles. The molecule has 0 bridgehead atoms. The van der Waals surface area contributed by atoms with Gasteiger partial charge in [-0.1, -0.05) is 44.7 Å². The van der Waals surface area contributed by atoms with Crippen LogP contribution in [0, 0.1) is 5.41 Å². The van der Waals surface area contributed by atoms with E-state index in [2.05, 4.69) is 32.2 Å². The zero-order valence-corrected chi connectivity index (χ0v) is 24.2. The van der Waals surface area contributed by atoms with Crippen LogP contribution in [0.2, 0.25) is 0 Å². The molecule has 42 heavy (non-hydrogen) atoms. The van der Waals surface area contributed by atoms with E-state index in [0.717, 1.165) is 16.7 Å². The largest absolute Gasteiger partial charge is 0.489 e. The first-order chi connectivity index (χ1) is 19.9. The van der Waals surface area contributed by atoms with Crippen LogP contribution in [-0.2, 0) is 13.0 Å². The number of hydrogen-bond acceptors (Lipinski definition) is 8. The van der Waals surface area contributed by atoms with E-state index >= 15 is 0 Å². The van der Waals surface area contributed by atoms with Gasteiger partial charge in [0.15, 0.2) is 6.61 Å². The third-order valence-electron chi connectivity index (χ3n) is 5.89. The second-order valence-electron chi connectivity index (χ2n) is 10.4. The molecule has 13 heteroatoms. The molecule has 3 rings (SSSR count). The number of rotatable bonds is 15. The van der Waals surface area contributed by atoms with Crippen molar-refractivity contribution in [3.05, 3.63) is 83.2 Å². The lowest BCUT2D eigenvalue weighted by Crippen LogP contribution is -2.38. The van der Waals surface area contributed by atoms with E-state index in [1.807, 2.05) is 26.0 Å². The molecule has 0 aliphatic heterocycles. The SMILES string of the molecule is C=C(CCl)COc1ccc(CNc2nc(Cc3ccc(C(=O)NCC(C)(C)CN)cc3)nc(OCC(F)(F)F)n2)cc1. The average molecular weight is 607 g/mol. The zero-order chi connectivity index (χ0) is 30.8. The van der Waals surface area contributed by atoms with Gasteiger partial charge in [-0.15, -0.1) is 11.6 Å². The van der Waals surface area contributed by atoms with Crippen LogP contribution in [0.5, 0.6) is 11.8 Å². The summed E-state index contributed by atoms with van der Waals surface area (Å²) in [6, 6.07) is 13.5. The van der Waals surface area contributed by atoms with E-state index in [4.69, 9.17) is 26.8 Å². The number of amides is 1. The Balaban J connectivity index is 1.69. The topological polar surface area (TPSA) is 124 Å². The number of anilines is 1. The number of hydrogen-bond donors (Lipinski definition) is 3. The Kier molecular flexibility index (Phi) is 11.5. The molecule has 0 saturated heterocycles. The molecule has 4 N–H and O–H groups in total. The van der Waals surface area contributed by atoms with Gasteiger partial charge in [-0.2, -0.15) is 28.1 Å². The van der Waals surface area contributed by atoms with Crippen LogP contribution in [0.3, 0.4) is 0 Å². The van der Waals surface area contributed by atoms with Crippen LogP contribution in [-0.4, -0.2) is 59.2 Å². The molecule has 0 saturated carbocycles. The zero-order valence-electron chi connectivity index (χ0n) is 23.4. The van der Waals surface area contributed by atoms with Crippen LogP contribution in [0.4, 0.5) is 19.1 Å². The number of halogens is 4. The van der Waals surface area contributed by atoms with Crippen molar-refractivity contribution in [2.24, 2.45) is 11.1 Å². The quantitative estimate of drug-likeness (QED) is 0.165. The minimum atomic E-state index is -4.56. The van der Waals surface area contributed by atoms with Gasteiger partial charge in [-0.05, 0) is 52.9 Å². The summed E-state index contributed by atoms with van der Waals surface area (Å²) in [5, 5.41) is 5.86. The smallest absolute Gasteiger partial charge is 0.422 e. The van der Waals surface area contributed by atoms with E-state index in [1.165, 1.54) is 0 Å². The van der Waals surface area contributed by atoms with Gasteiger partial charge in [-0.25, -0.2) is 0 Å². The first kappa shape index (κ1) is 32.6. The molecule has 226 valence electrons. The molecule has 0 spiro atoms. The predicted octanol–water partition coefficient (Wildman–Crippen LogP) is 4.90. The average Bonchev–Trinajstić information content (AvgIpc) is 2.97. The maximum absolute atomic E-state index is 12.8. The number of carbonyl (C=O) groups is 1. The molecule has 0 aliphatic carbocycles. The minimum Gasteiger partial charge on any atom is -0.489 e. The summed E-state index contributed by atoms with van der Waals surface area (Å²) in [6.07, 6.45) is -4.39. The van der Waals surface area contributed by atoms with Crippen molar-refractivity contribution < 1.29 is 27.4 Å². The summed E-state index contributed by atoms with van der Waals surface area (Å²) in [7, 11) is 0. The molecule has 9 nitrogen and oxygen atoms in total. The lowest BCUT2D eigenvalue weighted by Gasteiger charge is -2.22. The summed E-state index contributed by atoms with van der Waals surface area (Å²) in [5.74, 6) is 0.946. The standard InChI is InChI=1S/C29H34ClF3N6O3/c1-19(13-30)15-41-23-10-6-21(7-11-23)14-35-26-37-24(38-27(39-26)42-18-29(31,32)33)12-20-4-8-22(9-5-20)25(40)36-17-28(2,3)16-34/h4-11H,1,12-18,34H2,2-3H3,(H,36,40)(H,35,37,38,39). The fourth-order valence-corrected chi connectivity index (χ4v) is 3.40. The Morgan fingerprint density at radius 2 is 1.67 bits per heavy atom. The lowest BCUT2D eigenvalue weighted by atomic mass is 9.94. The Hall–Kier alpha value is -3.90. The summed E-state index contributed by atoms with van der Waals surface area (Å²) in [5.41, 5.74) is 8.28. The number of carbonyl (C=O) groups excluding carboxylic acids is 1. The third-order valence-corrected chi connectivity index (χ3v) is 6.27. The summed E-state index contributed by atoms with van der Waals surface area (Å²) in [4.78, 5) is 24.9. The molecule has 1 aromatic heterocycles. The van der Waals surface area contributed by atoms with Gasteiger partial charge in [0.25, 0.3) is 5.91 Å². The molecule has 0 aliphatic rings. The molecule has 1 amide bonds. The minimum absolute atomic E-state index is 0.0504. The number of benzene rings is 2. The maximum Gasteiger partial charge on any atom is 0.422 e. The number of alkyl halides is 4. The highest BCUT2D eigenvalue weighted by Crippen LogP contribution is 2.19. The van der Waals surface area contributed by atoms with Crippen molar-refractivity contribution in [1.29, 1.82) is 0 Å². The number of nitrogens with two attached hydrogens (primary N) is 1. The predicted molar refractivity (Wildman–Crippen MR) is 155 cm³/mol. The number of aromatic nitrogens is 3. The van der Waals surface area contributed by atoms with E-state index in [1.54, 1.807) is 36.4 Å².